The summed E-state index contributed by atoms with van der Waals surface area (Å²) < 4.78 is 30.8. The Kier molecular flexibility index (Phi) is 9.09. The van der Waals surface area contributed by atoms with Crippen LogP contribution in [0.15, 0.2) is 0 Å². The highest BCUT2D eigenvalue weighted by atomic mass is 32.2. The maximum atomic E-state index is 11.1. The van der Waals surface area contributed by atoms with Crippen molar-refractivity contribution >= 4 is 21.8 Å². The third-order valence-electron chi connectivity index (χ3n) is 1.83. The standard InChI is InChI=1S/C10H20N2O6S/c1-3-17-10(14)8-18-9(13)7-12-11-5-4-6-19(2,15)16/h11-12H,3-8H2,1-2H3. The summed E-state index contributed by atoms with van der Waals surface area (Å²) in [7, 11) is -2.96. The molecule has 0 bridgehead atoms. The van der Waals surface area contributed by atoms with Gasteiger partial charge in [0.1, 0.15) is 16.4 Å². The van der Waals surface area contributed by atoms with Gasteiger partial charge in [-0.25, -0.2) is 18.6 Å². The van der Waals surface area contributed by atoms with Gasteiger partial charge in [-0.05, 0) is 13.3 Å². The average molecular weight is 296 g/mol. The molecule has 0 rings (SSSR count). The summed E-state index contributed by atoms with van der Waals surface area (Å²) in [4.78, 5) is 22.0. The smallest absolute Gasteiger partial charge is 0.344 e. The lowest BCUT2D eigenvalue weighted by atomic mass is 10.5. The lowest BCUT2D eigenvalue weighted by Gasteiger charge is -2.07. The van der Waals surface area contributed by atoms with Crippen molar-refractivity contribution in [2.45, 2.75) is 13.3 Å². The molecule has 0 atom stereocenters. The third-order valence-corrected chi connectivity index (χ3v) is 2.86. The fraction of sp³-hybridized carbons (Fsp3) is 0.800. The molecule has 0 saturated carbocycles. The number of rotatable bonds is 10. The van der Waals surface area contributed by atoms with E-state index in [-0.39, 0.29) is 18.9 Å². The van der Waals surface area contributed by atoms with E-state index in [0.717, 1.165) is 6.26 Å². The van der Waals surface area contributed by atoms with Crippen LogP contribution >= 0.6 is 0 Å². The van der Waals surface area contributed by atoms with E-state index in [1.165, 1.54) is 0 Å². The normalized spacial score (nSPS) is 11.1. The van der Waals surface area contributed by atoms with Gasteiger partial charge in [0, 0.05) is 12.8 Å². The van der Waals surface area contributed by atoms with E-state index in [1.54, 1.807) is 6.92 Å². The lowest BCUT2D eigenvalue weighted by molar-refractivity contribution is -0.158. The van der Waals surface area contributed by atoms with Crippen LogP contribution in [-0.2, 0) is 28.9 Å². The van der Waals surface area contributed by atoms with Crippen LogP contribution in [0.25, 0.3) is 0 Å². The number of sulfone groups is 1. The van der Waals surface area contributed by atoms with Crippen LogP contribution in [0.2, 0.25) is 0 Å². The Balaban J connectivity index is 3.46. The van der Waals surface area contributed by atoms with E-state index in [9.17, 15) is 18.0 Å². The number of hydrogen-bond acceptors (Lipinski definition) is 8. The van der Waals surface area contributed by atoms with E-state index < -0.39 is 28.4 Å². The van der Waals surface area contributed by atoms with Crippen molar-refractivity contribution in [2.75, 3.05) is 38.3 Å². The monoisotopic (exact) mass is 296 g/mol. The Labute approximate surface area is 112 Å². The molecule has 0 aromatic heterocycles. The molecule has 112 valence electrons. The molecule has 0 saturated heterocycles. The van der Waals surface area contributed by atoms with Gasteiger partial charge in [-0.15, -0.1) is 0 Å². The van der Waals surface area contributed by atoms with Crippen molar-refractivity contribution in [1.82, 2.24) is 10.9 Å². The van der Waals surface area contributed by atoms with Crippen molar-refractivity contribution in [3.63, 3.8) is 0 Å². The topological polar surface area (TPSA) is 111 Å². The molecular weight excluding hydrogens is 276 g/mol. The van der Waals surface area contributed by atoms with Gasteiger partial charge in [0.05, 0.1) is 12.4 Å². The van der Waals surface area contributed by atoms with Crippen LogP contribution in [-0.4, -0.2) is 58.7 Å². The zero-order chi connectivity index (χ0) is 14.7. The number of carbonyl (C=O) groups excluding carboxylic acids is 2. The zero-order valence-electron chi connectivity index (χ0n) is 11.1. The van der Waals surface area contributed by atoms with Crippen molar-refractivity contribution in [1.29, 1.82) is 0 Å². The Morgan fingerprint density at radius 3 is 2.37 bits per heavy atom. The summed E-state index contributed by atoms with van der Waals surface area (Å²) in [6.07, 6.45) is 1.59. The second kappa shape index (κ2) is 9.70. The fourth-order valence-corrected chi connectivity index (χ4v) is 1.71. The predicted molar refractivity (Wildman–Crippen MR) is 67.9 cm³/mol. The highest BCUT2D eigenvalue weighted by Gasteiger charge is 2.07. The first kappa shape index (κ1) is 17.8. The minimum absolute atomic E-state index is 0.0784. The van der Waals surface area contributed by atoms with E-state index in [4.69, 9.17) is 0 Å². The second-order valence-electron chi connectivity index (χ2n) is 3.73. The Morgan fingerprint density at radius 2 is 1.79 bits per heavy atom. The second-order valence-corrected chi connectivity index (χ2v) is 5.99. The van der Waals surface area contributed by atoms with Gasteiger partial charge in [-0.2, -0.15) is 0 Å². The van der Waals surface area contributed by atoms with Crippen molar-refractivity contribution in [3.05, 3.63) is 0 Å². The highest BCUT2D eigenvalue weighted by Crippen LogP contribution is 1.86. The molecule has 9 heteroatoms. The molecule has 0 aliphatic rings. The van der Waals surface area contributed by atoms with E-state index in [1.807, 2.05) is 0 Å². The number of hydrogen-bond donors (Lipinski definition) is 2. The molecule has 0 aromatic carbocycles. The minimum Gasteiger partial charge on any atom is -0.463 e. The molecule has 19 heavy (non-hydrogen) atoms. The SMILES string of the molecule is CCOC(=O)COC(=O)CNNCCCS(C)(=O)=O. The van der Waals surface area contributed by atoms with Gasteiger partial charge < -0.3 is 9.47 Å². The van der Waals surface area contributed by atoms with E-state index in [0.29, 0.717) is 13.0 Å². The van der Waals surface area contributed by atoms with Crippen molar-refractivity contribution < 1.29 is 27.5 Å². The summed E-state index contributed by atoms with van der Waals surface area (Å²) in [5, 5.41) is 0. The predicted octanol–water partition coefficient (Wildman–Crippen LogP) is -1.38. The largest absolute Gasteiger partial charge is 0.463 e. The molecule has 0 aliphatic carbocycles. The number of hydrazine groups is 1. The number of nitrogens with one attached hydrogen (secondary N) is 2. The van der Waals surface area contributed by atoms with Crippen LogP contribution in [0.4, 0.5) is 0 Å². The van der Waals surface area contributed by atoms with E-state index in [2.05, 4.69) is 20.3 Å². The Bertz CT molecular complexity index is 381. The average Bonchev–Trinajstić information content (AvgIpc) is 2.30. The number of carbonyl (C=O) groups is 2. The molecule has 0 spiro atoms. The van der Waals surface area contributed by atoms with Crippen LogP contribution in [0.1, 0.15) is 13.3 Å². The molecule has 0 radical (unpaired) electrons. The highest BCUT2D eigenvalue weighted by molar-refractivity contribution is 7.90. The lowest BCUT2D eigenvalue weighted by Crippen LogP contribution is -2.38. The van der Waals surface area contributed by atoms with Gasteiger partial charge in [0.25, 0.3) is 0 Å². The molecule has 0 amide bonds. The van der Waals surface area contributed by atoms with Gasteiger partial charge in [0.15, 0.2) is 6.61 Å². The quantitative estimate of drug-likeness (QED) is 0.288. The molecule has 0 fully saturated rings. The van der Waals surface area contributed by atoms with Crippen LogP contribution < -0.4 is 10.9 Å². The summed E-state index contributed by atoms with van der Waals surface area (Å²) in [6.45, 7) is 1.75. The van der Waals surface area contributed by atoms with Crippen molar-refractivity contribution in [3.8, 4) is 0 Å². The summed E-state index contributed by atoms with van der Waals surface area (Å²) in [6, 6.07) is 0. The van der Waals surface area contributed by atoms with Gasteiger partial charge in [-0.3, -0.25) is 10.2 Å². The van der Waals surface area contributed by atoms with Crippen LogP contribution in [0.5, 0.6) is 0 Å². The maximum absolute atomic E-state index is 11.1. The van der Waals surface area contributed by atoms with Gasteiger partial charge in [0.2, 0.25) is 0 Å². The van der Waals surface area contributed by atoms with Crippen LogP contribution in [0, 0.1) is 0 Å². The fourth-order valence-electron chi connectivity index (χ4n) is 1.04. The van der Waals surface area contributed by atoms with Gasteiger partial charge in [-0.1, -0.05) is 0 Å². The van der Waals surface area contributed by atoms with Crippen LogP contribution in [0.3, 0.4) is 0 Å². The first-order valence-electron chi connectivity index (χ1n) is 5.80. The molecule has 8 nitrogen and oxygen atoms in total. The molecular formula is C10H20N2O6S. The summed E-state index contributed by atoms with van der Waals surface area (Å²) in [5.74, 6) is -1.13. The summed E-state index contributed by atoms with van der Waals surface area (Å²) in [5.41, 5.74) is 5.23. The first-order chi connectivity index (χ1) is 8.85. The summed E-state index contributed by atoms with van der Waals surface area (Å²) >= 11 is 0. The van der Waals surface area contributed by atoms with E-state index >= 15 is 0 Å². The zero-order valence-corrected chi connectivity index (χ0v) is 11.9. The molecule has 0 aliphatic heterocycles. The minimum atomic E-state index is -2.96. The Morgan fingerprint density at radius 1 is 1.11 bits per heavy atom. The third kappa shape index (κ3) is 13.0. The first-order valence-corrected chi connectivity index (χ1v) is 7.86. The maximum Gasteiger partial charge on any atom is 0.344 e. The molecule has 2 N–H and O–H groups in total. The number of esters is 2. The molecule has 0 unspecified atom stereocenters. The molecule has 0 heterocycles. The molecule has 0 aromatic rings. The Hall–Kier alpha value is -1.19. The van der Waals surface area contributed by atoms with Crippen molar-refractivity contribution in [2.24, 2.45) is 0 Å². The number of ether oxygens (including phenoxy) is 2. The van der Waals surface area contributed by atoms with Gasteiger partial charge >= 0.3 is 11.9 Å².